The van der Waals surface area contributed by atoms with Gasteiger partial charge in [-0.1, -0.05) is 12.1 Å². The molecule has 0 atom stereocenters. The van der Waals surface area contributed by atoms with Gasteiger partial charge in [0.2, 0.25) is 5.88 Å². The summed E-state index contributed by atoms with van der Waals surface area (Å²) in [5.74, 6) is 1.61. The second kappa shape index (κ2) is 7.27. The summed E-state index contributed by atoms with van der Waals surface area (Å²) in [7, 11) is 2.11. The second-order valence-corrected chi connectivity index (χ2v) is 10.4. The number of hydrogen-bond acceptors (Lipinski definition) is 5. The van der Waals surface area contributed by atoms with Gasteiger partial charge in [0, 0.05) is 86.3 Å². The number of benzene rings is 1. The Labute approximate surface area is 193 Å². The maximum atomic E-state index is 6.13. The van der Waals surface area contributed by atoms with Gasteiger partial charge in [0.25, 0.3) is 0 Å². The Morgan fingerprint density at radius 1 is 1.00 bits per heavy atom. The lowest BCUT2D eigenvalue weighted by Gasteiger charge is -2.56. The fourth-order valence-corrected chi connectivity index (χ4v) is 6.20. The van der Waals surface area contributed by atoms with E-state index in [0.29, 0.717) is 5.41 Å². The van der Waals surface area contributed by atoms with Gasteiger partial charge >= 0.3 is 0 Å². The highest BCUT2D eigenvalue weighted by Gasteiger charge is 2.49. The minimum Gasteiger partial charge on any atom is -0.472 e. The number of aryl methyl sites for hydroxylation is 1. The third kappa shape index (κ3) is 3.23. The van der Waals surface area contributed by atoms with Crippen molar-refractivity contribution in [3.8, 4) is 17.0 Å². The van der Waals surface area contributed by atoms with Gasteiger partial charge in [0.1, 0.15) is 6.10 Å². The van der Waals surface area contributed by atoms with Gasteiger partial charge < -0.3 is 14.6 Å². The summed E-state index contributed by atoms with van der Waals surface area (Å²) in [6, 6.07) is 12.8. The van der Waals surface area contributed by atoms with Crippen LogP contribution < -0.4 is 10.1 Å². The molecule has 2 saturated heterocycles. The Bertz CT molecular complexity index is 1330. The summed E-state index contributed by atoms with van der Waals surface area (Å²) in [6.45, 7) is 5.77. The molecule has 168 valence electrons. The summed E-state index contributed by atoms with van der Waals surface area (Å²) in [6.07, 6.45) is 8.81. The Kier molecular flexibility index (Phi) is 4.30. The molecule has 0 bridgehead atoms. The third-order valence-corrected chi connectivity index (χ3v) is 8.05. The quantitative estimate of drug-likeness (QED) is 0.512. The van der Waals surface area contributed by atoms with Crippen LogP contribution >= 0.6 is 0 Å². The largest absolute Gasteiger partial charge is 0.472 e. The van der Waals surface area contributed by atoms with E-state index in [9.17, 15) is 0 Å². The maximum Gasteiger partial charge on any atom is 0.213 e. The number of nitrogens with zero attached hydrogens (tertiary/aromatic N) is 4. The minimum absolute atomic E-state index is 0.267. The normalized spacial score (nSPS) is 20.6. The van der Waals surface area contributed by atoms with E-state index in [1.807, 2.05) is 24.7 Å². The molecule has 0 unspecified atom stereocenters. The number of hydrogen-bond donors (Lipinski definition) is 1. The van der Waals surface area contributed by atoms with Gasteiger partial charge in [-0.25, -0.2) is 4.98 Å². The number of aromatic nitrogens is 3. The molecule has 1 aromatic carbocycles. The zero-order valence-electron chi connectivity index (χ0n) is 19.0. The van der Waals surface area contributed by atoms with Crippen molar-refractivity contribution in [2.24, 2.45) is 18.4 Å². The highest BCUT2D eigenvalue weighted by molar-refractivity contribution is 6.08. The Morgan fingerprint density at radius 2 is 1.85 bits per heavy atom. The SMILES string of the molecule is Cn1c2ccncc2c2ccc(-c3ccc(OC4CN(CC5CC6(CNC6)C5)C4)nc3)cc21. The summed E-state index contributed by atoms with van der Waals surface area (Å²) >= 11 is 0. The van der Waals surface area contributed by atoms with Gasteiger partial charge in [0.15, 0.2) is 0 Å². The number of rotatable bonds is 5. The lowest BCUT2D eigenvalue weighted by molar-refractivity contribution is -0.0501. The highest BCUT2D eigenvalue weighted by atomic mass is 16.5. The Morgan fingerprint density at radius 3 is 2.61 bits per heavy atom. The van der Waals surface area contributed by atoms with Crippen molar-refractivity contribution < 1.29 is 4.74 Å². The van der Waals surface area contributed by atoms with Gasteiger partial charge in [-0.05, 0) is 47.9 Å². The molecule has 4 aromatic rings. The van der Waals surface area contributed by atoms with Gasteiger partial charge in [-0.2, -0.15) is 0 Å². The lowest BCUT2D eigenvalue weighted by Crippen LogP contribution is -2.63. The molecule has 1 aliphatic carbocycles. The molecule has 0 amide bonds. The predicted octanol–water partition coefficient (Wildman–Crippen LogP) is 3.85. The standard InChI is InChI=1S/C27H29N5O/c1-31-24-6-7-28-12-23(24)22-4-2-19(8-25(22)31)20-3-5-26(30-11-20)33-21-14-32(15-21)13-18-9-27(10-18)16-29-17-27/h2-8,11-12,18,21,29H,9-10,13-17H2,1H3. The van der Waals surface area contributed by atoms with E-state index in [0.717, 1.165) is 36.0 Å². The fraction of sp³-hybridized carbons (Fsp3) is 0.407. The van der Waals surface area contributed by atoms with Crippen LogP contribution in [0.2, 0.25) is 0 Å². The van der Waals surface area contributed by atoms with Crippen molar-refractivity contribution in [1.29, 1.82) is 0 Å². The molecule has 6 heteroatoms. The molecule has 1 spiro atoms. The van der Waals surface area contributed by atoms with Gasteiger partial charge in [0.05, 0.1) is 5.52 Å². The van der Waals surface area contributed by atoms with Crippen LogP contribution in [0.4, 0.5) is 0 Å². The first-order chi connectivity index (χ1) is 16.2. The topological polar surface area (TPSA) is 55.2 Å². The van der Waals surface area contributed by atoms with Crippen molar-refractivity contribution >= 4 is 21.8 Å². The van der Waals surface area contributed by atoms with Crippen molar-refractivity contribution in [3.63, 3.8) is 0 Å². The first-order valence-electron chi connectivity index (χ1n) is 12.0. The second-order valence-electron chi connectivity index (χ2n) is 10.4. The van der Waals surface area contributed by atoms with Crippen molar-refractivity contribution in [2.45, 2.75) is 18.9 Å². The summed E-state index contributed by atoms with van der Waals surface area (Å²) in [5.41, 5.74) is 5.34. The summed E-state index contributed by atoms with van der Waals surface area (Å²) in [5, 5.41) is 5.85. The molecular formula is C27H29N5O. The monoisotopic (exact) mass is 439 g/mol. The number of fused-ring (bicyclic) bond motifs is 3. The molecule has 33 heavy (non-hydrogen) atoms. The fourth-order valence-electron chi connectivity index (χ4n) is 6.20. The first kappa shape index (κ1) is 19.5. The molecule has 3 fully saturated rings. The van der Waals surface area contributed by atoms with Crippen LogP contribution in [0.3, 0.4) is 0 Å². The van der Waals surface area contributed by atoms with Gasteiger partial charge in [-0.15, -0.1) is 0 Å². The maximum absolute atomic E-state index is 6.13. The van der Waals surface area contributed by atoms with E-state index in [-0.39, 0.29) is 6.10 Å². The van der Waals surface area contributed by atoms with E-state index < -0.39 is 0 Å². The predicted molar refractivity (Wildman–Crippen MR) is 130 cm³/mol. The highest BCUT2D eigenvalue weighted by Crippen LogP contribution is 2.48. The lowest BCUT2D eigenvalue weighted by atomic mass is 9.58. The van der Waals surface area contributed by atoms with Crippen LogP contribution in [0.5, 0.6) is 5.88 Å². The molecule has 7 rings (SSSR count). The molecule has 6 nitrogen and oxygen atoms in total. The molecule has 0 radical (unpaired) electrons. The van der Waals surface area contributed by atoms with Crippen molar-refractivity contribution in [2.75, 3.05) is 32.7 Å². The molecular weight excluding hydrogens is 410 g/mol. The number of likely N-dealkylation sites (tertiary alicyclic amines) is 1. The number of nitrogens with one attached hydrogen (secondary N) is 1. The molecule has 1 saturated carbocycles. The molecule has 5 heterocycles. The summed E-state index contributed by atoms with van der Waals surface area (Å²) < 4.78 is 8.37. The number of pyridine rings is 2. The van der Waals surface area contributed by atoms with E-state index in [4.69, 9.17) is 4.74 Å². The third-order valence-electron chi connectivity index (χ3n) is 8.05. The first-order valence-corrected chi connectivity index (χ1v) is 12.0. The molecule has 2 aliphatic heterocycles. The van der Waals surface area contributed by atoms with Crippen molar-refractivity contribution in [3.05, 3.63) is 55.0 Å². The van der Waals surface area contributed by atoms with Crippen LogP contribution in [-0.2, 0) is 7.05 Å². The average molecular weight is 440 g/mol. The Balaban J connectivity index is 0.993. The van der Waals surface area contributed by atoms with E-state index in [1.54, 1.807) is 0 Å². The Hall–Kier alpha value is -2.96. The molecule has 3 aliphatic rings. The molecule has 1 N–H and O–H groups in total. The van der Waals surface area contributed by atoms with Crippen LogP contribution in [0.1, 0.15) is 12.8 Å². The van der Waals surface area contributed by atoms with Crippen molar-refractivity contribution in [1.82, 2.24) is 24.8 Å². The number of ether oxygens (including phenoxy) is 1. The van der Waals surface area contributed by atoms with Crippen LogP contribution in [0.15, 0.2) is 55.0 Å². The zero-order chi connectivity index (χ0) is 22.0. The van der Waals surface area contributed by atoms with Gasteiger partial charge in [-0.3, -0.25) is 9.88 Å². The average Bonchev–Trinajstić information content (AvgIpc) is 3.05. The smallest absolute Gasteiger partial charge is 0.213 e. The van der Waals surface area contributed by atoms with Crippen LogP contribution in [-0.4, -0.2) is 58.3 Å². The van der Waals surface area contributed by atoms with E-state index >= 15 is 0 Å². The van der Waals surface area contributed by atoms with E-state index in [2.05, 4.69) is 62.1 Å². The van der Waals surface area contributed by atoms with E-state index in [1.165, 1.54) is 54.3 Å². The summed E-state index contributed by atoms with van der Waals surface area (Å²) in [4.78, 5) is 11.4. The zero-order valence-corrected chi connectivity index (χ0v) is 19.0. The van der Waals surface area contributed by atoms with Crippen LogP contribution in [0, 0.1) is 11.3 Å². The van der Waals surface area contributed by atoms with Crippen LogP contribution in [0.25, 0.3) is 32.9 Å². The minimum atomic E-state index is 0.267. The molecule has 3 aromatic heterocycles.